The fourth-order valence-corrected chi connectivity index (χ4v) is 5.25. The maximum Gasteiger partial charge on any atom is 0.274 e. The molecule has 0 radical (unpaired) electrons. The molecule has 1 fully saturated rings. The zero-order chi connectivity index (χ0) is 21.4. The van der Waals surface area contributed by atoms with Crippen molar-refractivity contribution in [2.75, 3.05) is 18.4 Å². The highest BCUT2D eigenvalue weighted by Crippen LogP contribution is 2.34. The number of benzene rings is 1. The Morgan fingerprint density at radius 3 is 2.94 bits per heavy atom. The van der Waals surface area contributed by atoms with Gasteiger partial charge in [0.25, 0.3) is 5.91 Å². The van der Waals surface area contributed by atoms with Crippen LogP contribution in [0.3, 0.4) is 0 Å². The predicted molar refractivity (Wildman–Crippen MR) is 123 cm³/mol. The van der Waals surface area contributed by atoms with Crippen LogP contribution in [0, 0.1) is 0 Å². The van der Waals surface area contributed by atoms with Gasteiger partial charge in [-0.2, -0.15) is 5.10 Å². The number of rotatable bonds is 5. The van der Waals surface area contributed by atoms with Crippen LogP contribution in [0.15, 0.2) is 48.1 Å². The number of amides is 1. The summed E-state index contributed by atoms with van der Waals surface area (Å²) in [7, 11) is 1.83. The van der Waals surface area contributed by atoms with E-state index >= 15 is 0 Å². The summed E-state index contributed by atoms with van der Waals surface area (Å²) >= 11 is 1.70. The Balaban J connectivity index is 1.42. The van der Waals surface area contributed by atoms with E-state index in [9.17, 15) is 4.79 Å². The molecular formula is C23H26N6OS. The van der Waals surface area contributed by atoms with E-state index in [-0.39, 0.29) is 11.8 Å². The highest BCUT2D eigenvalue weighted by atomic mass is 32.1. The van der Waals surface area contributed by atoms with Crippen LogP contribution in [0.25, 0.3) is 4.83 Å². The molecule has 0 unspecified atom stereocenters. The van der Waals surface area contributed by atoms with E-state index < -0.39 is 0 Å². The summed E-state index contributed by atoms with van der Waals surface area (Å²) in [6, 6.07) is 10.1. The summed E-state index contributed by atoms with van der Waals surface area (Å²) in [5, 5.41) is 9.92. The fraction of sp³-hybridized carbons (Fsp3) is 0.348. The molecule has 7 nitrogen and oxygen atoms in total. The largest absolute Gasteiger partial charge is 0.337 e. The molecule has 1 aromatic carbocycles. The molecule has 5 rings (SSSR count). The van der Waals surface area contributed by atoms with Crippen LogP contribution in [0.4, 0.5) is 11.6 Å². The second-order valence-electron chi connectivity index (χ2n) is 8.00. The first-order valence-electron chi connectivity index (χ1n) is 10.7. The molecule has 1 N–H and O–H groups in total. The van der Waals surface area contributed by atoms with E-state index in [0.29, 0.717) is 12.2 Å². The number of nitrogens with zero attached hydrogens (tertiary/aromatic N) is 5. The third kappa shape index (κ3) is 3.72. The topological polar surface area (TPSA) is 67.5 Å². The second kappa shape index (κ2) is 8.19. The van der Waals surface area contributed by atoms with Crippen LogP contribution in [0.1, 0.15) is 47.4 Å². The van der Waals surface area contributed by atoms with Crippen LogP contribution >= 0.6 is 11.3 Å². The highest BCUT2D eigenvalue weighted by Gasteiger charge is 2.30. The Kier molecular flexibility index (Phi) is 5.23. The minimum absolute atomic E-state index is 0.00199. The predicted octanol–water partition coefficient (Wildman–Crippen LogP) is 4.46. The van der Waals surface area contributed by atoms with Crippen molar-refractivity contribution in [1.82, 2.24) is 24.1 Å². The van der Waals surface area contributed by atoms with Crippen molar-refractivity contribution in [2.24, 2.45) is 7.05 Å². The zero-order valence-corrected chi connectivity index (χ0v) is 18.6. The van der Waals surface area contributed by atoms with Gasteiger partial charge in [-0.05, 0) is 37.0 Å². The van der Waals surface area contributed by atoms with Crippen LogP contribution in [-0.2, 0) is 13.5 Å². The van der Waals surface area contributed by atoms with Crippen molar-refractivity contribution in [2.45, 2.75) is 32.1 Å². The van der Waals surface area contributed by atoms with Crippen molar-refractivity contribution in [1.29, 1.82) is 0 Å². The van der Waals surface area contributed by atoms with Crippen molar-refractivity contribution in [3.8, 4) is 0 Å². The number of carbonyl (C=O) groups excluding carboxylic acids is 1. The van der Waals surface area contributed by atoms with E-state index in [4.69, 9.17) is 4.98 Å². The van der Waals surface area contributed by atoms with Gasteiger partial charge in [-0.25, -0.2) is 4.98 Å². The third-order valence-electron chi connectivity index (χ3n) is 5.95. The number of carbonyl (C=O) groups is 1. The van der Waals surface area contributed by atoms with Crippen LogP contribution < -0.4 is 5.32 Å². The van der Waals surface area contributed by atoms with Crippen LogP contribution in [0.5, 0.6) is 0 Å². The fourth-order valence-electron chi connectivity index (χ4n) is 4.35. The van der Waals surface area contributed by atoms with E-state index in [1.807, 2.05) is 24.2 Å². The van der Waals surface area contributed by atoms with Crippen LogP contribution in [0.2, 0.25) is 0 Å². The Morgan fingerprint density at radius 1 is 1.26 bits per heavy atom. The quantitative estimate of drug-likeness (QED) is 0.504. The molecule has 0 saturated carbocycles. The monoisotopic (exact) mass is 434 g/mol. The van der Waals surface area contributed by atoms with Gasteiger partial charge >= 0.3 is 0 Å². The lowest BCUT2D eigenvalue weighted by Crippen LogP contribution is -2.39. The molecule has 4 heterocycles. The van der Waals surface area contributed by atoms with Gasteiger partial charge in [0.15, 0.2) is 0 Å². The van der Waals surface area contributed by atoms with Crippen molar-refractivity contribution in [3.63, 3.8) is 0 Å². The van der Waals surface area contributed by atoms with Gasteiger partial charge in [0.05, 0.1) is 5.69 Å². The highest BCUT2D eigenvalue weighted by molar-refractivity contribution is 7.15. The number of para-hydroxylation sites is 1. The number of thiazole rings is 1. The van der Waals surface area contributed by atoms with Crippen molar-refractivity contribution >= 4 is 33.7 Å². The Morgan fingerprint density at radius 2 is 2.13 bits per heavy atom. The first-order valence-corrected chi connectivity index (χ1v) is 11.6. The zero-order valence-electron chi connectivity index (χ0n) is 17.8. The second-order valence-corrected chi connectivity index (χ2v) is 8.89. The maximum atomic E-state index is 12.9. The number of aryl methyl sites for hydroxylation is 2. The third-order valence-corrected chi connectivity index (χ3v) is 6.84. The smallest absolute Gasteiger partial charge is 0.274 e. The number of anilines is 2. The Labute approximate surface area is 185 Å². The first-order chi connectivity index (χ1) is 15.1. The number of piperidine rings is 1. The molecule has 0 spiro atoms. The lowest BCUT2D eigenvalue weighted by atomic mass is 9.95. The maximum absolute atomic E-state index is 12.9. The molecule has 4 aromatic rings. The molecule has 160 valence electrons. The van der Waals surface area contributed by atoms with Gasteiger partial charge in [0, 0.05) is 49.5 Å². The Bertz CT molecular complexity index is 1220. The average molecular weight is 435 g/mol. The lowest BCUT2D eigenvalue weighted by molar-refractivity contribution is 0.0699. The molecule has 1 atom stereocenters. The molecule has 1 amide bonds. The normalized spacial score (nSPS) is 16.7. The molecule has 1 aliphatic heterocycles. The molecule has 8 heteroatoms. The van der Waals surface area contributed by atoms with Gasteiger partial charge in [0.2, 0.25) is 5.95 Å². The Hall–Kier alpha value is -3.13. The SMILES string of the molecule is CCc1ccccc1Nc1nc([C@H]2CCCN(C(=O)c3ccn(C)n3)C2)c2sccn12. The molecule has 1 saturated heterocycles. The number of hydrogen-bond acceptors (Lipinski definition) is 5. The van der Waals surface area contributed by atoms with Gasteiger partial charge in [-0.3, -0.25) is 13.9 Å². The lowest BCUT2D eigenvalue weighted by Gasteiger charge is -2.31. The summed E-state index contributed by atoms with van der Waals surface area (Å²) in [5.41, 5.74) is 3.93. The van der Waals surface area contributed by atoms with E-state index in [1.165, 1.54) is 5.56 Å². The molecule has 0 aliphatic carbocycles. The molecule has 1 aliphatic rings. The number of imidazole rings is 1. The van der Waals surface area contributed by atoms with Gasteiger partial charge in [-0.1, -0.05) is 25.1 Å². The summed E-state index contributed by atoms with van der Waals surface area (Å²) in [6.07, 6.45) is 6.83. The van der Waals surface area contributed by atoms with Crippen LogP contribution in [-0.4, -0.2) is 43.1 Å². The molecule has 0 bridgehead atoms. The minimum Gasteiger partial charge on any atom is -0.337 e. The van der Waals surface area contributed by atoms with Gasteiger partial charge in [0.1, 0.15) is 10.5 Å². The number of nitrogens with one attached hydrogen (secondary N) is 1. The summed E-state index contributed by atoms with van der Waals surface area (Å²) in [6.45, 7) is 3.60. The molecule has 31 heavy (non-hydrogen) atoms. The van der Waals surface area contributed by atoms with Gasteiger partial charge in [-0.15, -0.1) is 11.3 Å². The van der Waals surface area contributed by atoms with E-state index in [2.05, 4.69) is 51.5 Å². The van der Waals surface area contributed by atoms with E-state index in [1.54, 1.807) is 22.1 Å². The number of hydrogen-bond donors (Lipinski definition) is 1. The van der Waals surface area contributed by atoms with Gasteiger partial charge < -0.3 is 10.2 Å². The summed E-state index contributed by atoms with van der Waals surface area (Å²) in [4.78, 5) is 21.0. The first kappa shape index (κ1) is 19.8. The number of fused-ring (bicyclic) bond motifs is 1. The molecular weight excluding hydrogens is 408 g/mol. The molecule has 3 aromatic heterocycles. The van der Waals surface area contributed by atoms with Crippen molar-refractivity contribution < 1.29 is 4.79 Å². The van der Waals surface area contributed by atoms with E-state index in [0.717, 1.165) is 48.0 Å². The number of likely N-dealkylation sites (tertiary alicyclic amines) is 1. The minimum atomic E-state index is 0.00199. The summed E-state index contributed by atoms with van der Waals surface area (Å²) < 4.78 is 3.80. The standard InChI is InChI=1S/C23H26N6OS/c1-3-16-7-4-5-9-18(16)24-23-25-20(22-29(23)13-14-31-22)17-8-6-11-28(15-17)21(30)19-10-12-27(2)26-19/h4-5,7,9-10,12-14,17H,3,6,8,11,15H2,1-2H3,(H,24,25)/t17-/m0/s1. The summed E-state index contributed by atoms with van der Waals surface area (Å²) in [5.74, 6) is 1.05. The van der Waals surface area contributed by atoms with Crippen molar-refractivity contribution in [3.05, 3.63) is 65.1 Å². The number of aromatic nitrogens is 4. The average Bonchev–Trinajstić information content (AvgIpc) is 3.52.